The lowest BCUT2D eigenvalue weighted by Gasteiger charge is -2.30. The summed E-state index contributed by atoms with van der Waals surface area (Å²) < 4.78 is 14.2. The van der Waals surface area contributed by atoms with E-state index in [4.69, 9.17) is 10.8 Å². The molecule has 106 valence electrons. The smallest absolute Gasteiger partial charge is 0.146 e. The maximum absolute atomic E-state index is 14.2. The fourth-order valence-electron chi connectivity index (χ4n) is 2.96. The standard InChI is InChI=1S/C15H23FN2O/c1-11(17)13-7-2-8-14(16)15(13)18-9-3-5-12(18)6-4-10-19/h2,7-8,11-12,19H,3-6,9-10,17H2,1H3. The zero-order valence-corrected chi connectivity index (χ0v) is 11.5. The number of nitrogens with zero attached hydrogens (tertiary/aromatic N) is 1. The van der Waals surface area contributed by atoms with Gasteiger partial charge in [-0.2, -0.15) is 0 Å². The third kappa shape index (κ3) is 3.07. The van der Waals surface area contributed by atoms with E-state index in [1.54, 1.807) is 6.07 Å². The van der Waals surface area contributed by atoms with Gasteiger partial charge in [-0.3, -0.25) is 0 Å². The fraction of sp³-hybridized carbons (Fsp3) is 0.600. The molecule has 0 spiro atoms. The molecule has 0 aliphatic carbocycles. The van der Waals surface area contributed by atoms with Gasteiger partial charge in [0.15, 0.2) is 0 Å². The van der Waals surface area contributed by atoms with Crippen LogP contribution in [0.5, 0.6) is 0 Å². The zero-order valence-electron chi connectivity index (χ0n) is 11.5. The third-order valence-corrected chi connectivity index (χ3v) is 3.87. The first-order valence-electron chi connectivity index (χ1n) is 7.06. The molecule has 2 atom stereocenters. The van der Waals surface area contributed by atoms with E-state index >= 15 is 0 Å². The highest BCUT2D eigenvalue weighted by molar-refractivity contribution is 5.57. The molecule has 1 fully saturated rings. The molecule has 1 aromatic rings. The molecule has 0 saturated carbocycles. The number of anilines is 1. The van der Waals surface area contributed by atoms with Gasteiger partial charge in [0.2, 0.25) is 0 Å². The molecule has 2 rings (SSSR count). The van der Waals surface area contributed by atoms with Crippen LogP contribution in [0.25, 0.3) is 0 Å². The Hall–Kier alpha value is -1.13. The number of halogens is 1. The van der Waals surface area contributed by atoms with E-state index in [0.29, 0.717) is 11.7 Å². The maximum atomic E-state index is 14.2. The van der Waals surface area contributed by atoms with E-state index in [-0.39, 0.29) is 18.5 Å². The first-order valence-corrected chi connectivity index (χ1v) is 7.06. The molecule has 0 radical (unpaired) electrons. The van der Waals surface area contributed by atoms with E-state index in [1.807, 2.05) is 13.0 Å². The minimum Gasteiger partial charge on any atom is -0.396 e. The normalized spacial score (nSPS) is 20.8. The molecule has 4 heteroatoms. The number of nitrogens with two attached hydrogens (primary N) is 1. The summed E-state index contributed by atoms with van der Waals surface area (Å²) in [7, 11) is 0. The lowest BCUT2D eigenvalue weighted by Crippen LogP contribution is -2.31. The van der Waals surface area contributed by atoms with Crippen molar-refractivity contribution in [3.8, 4) is 0 Å². The van der Waals surface area contributed by atoms with Crippen LogP contribution in [-0.4, -0.2) is 24.3 Å². The molecule has 0 bridgehead atoms. The van der Waals surface area contributed by atoms with Crippen LogP contribution < -0.4 is 10.6 Å². The molecule has 2 unspecified atom stereocenters. The number of hydrogen-bond donors (Lipinski definition) is 2. The number of aliphatic hydroxyl groups excluding tert-OH is 1. The quantitative estimate of drug-likeness (QED) is 0.861. The number of aliphatic hydroxyl groups is 1. The maximum Gasteiger partial charge on any atom is 0.146 e. The summed E-state index contributed by atoms with van der Waals surface area (Å²) in [6, 6.07) is 5.27. The molecular formula is C15H23FN2O. The Morgan fingerprint density at radius 2 is 2.32 bits per heavy atom. The van der Waals surface area contributed by atoms with Crippen molar-refractivity contribution in [3.05, 3.63) is 29.6 Å². The molecule has 19 heavy (non-hydrogen) atoms. The lowest BCUT2D eigenvalue weighted by atomic mass is 10.0. The van der Waals surface area contributed by atoms with Crippen LogP contribution in [0.4, 0.5) is 10.1 Å². The van der Waals surface area contributed by atoms with Crippen molar-refractivity contribution in [2.75, 3.05) is 18.1 Å². The first kappa shape index (κ1) is 14.3. The lowest BCUT2D eigenvalue weighted by molar-refractivity contribution is 0.279. The zero-order chi connectivity index (χ0) is 13.8. The van der Waals surface area contributed by atoms with Crippen molar-refractivity contribution >= 4 is 5.69 Å². The van der Waals surface area contributed by atoms with Gasteiger partial charge < -0.3 is 15.7 Å². The Balaban J connectivity index is 2.29. The van der Waals surface area contributed by atoms with Crippen LogP contribution in [-0.2, 0) is 0 Å². The minimum absolute atomic E-state index is 0.176. The Morgan fingerprint density at radius 3 is 3.00 bits per heavy atom. The number of hydrogen-bond acceptors (Lipinski definition) is 3. The number of rotatable bonds is 5. The predicted molar refractivity (Wildman–Crippen MR) is 75.7 cm³/mol. The average molecular weight is 266 g/mol. The molecule has 0 amide bonds. The van der Waals surface area contributed by atoms with Gasteiger partial charge in [0.1, 0.15) is 5.82 Å². The van der Waals surface area contributed by atoms with E-state index < -0.39 is 0 Å². The monoisotopic (exact) mass is 266 g/mol. The van der Waals surface area contributed by atoms with Crippen LogP contribution in [0.3, 0.4) is 0 Å². The second-order valence-electron chi connectivity index (χ2n) is 5.32. The largest absolute Gasteiger partial charge is 0.396 e. The average Bonchev–Trinajstić information content (AvgIpc) is 2.83. The SMILES string of the molecule is CC(N)c1cccc(F)c1N1CCCC1CCCO. The predicted octanol–water partition coefficient (Wildman–Crippen LogP) is 2.59. The van der Waals surface area contributed by atoms with Gasteiger partial charge in [-0.25, -0.2) is 4.39 Å². The highest BCUT2D eigenvalue weighted by Crippen LogP contribution is 2.35. The summed E-state index contributed by atoms with van der Waals surface area (Å²) in [6.07, 6.45) is 3.81. The summed E-state index contributed by atoms with van der Waals surface area (Å²) in [6.45, 7) is 2.95. The van der Waals surface area contributed by atoms with Gasteiger partial charge in [-0.1, -0.05) is 12.1 Å². The summed E-state index contributed by atoms with van der Waals surface area (Å²) in [5.74, 6) is -0.189. The third-order valence-electron chi connectivity index (χ3n) is 3.87. The minimum atomic E-state index is -0.189. The van der Waals surface area contributed by atoms with Gasteiger partial charge in [-0.15, -0.1) is 0 Å². The van der Waals surface area contributed by atoms with Gasteiger partial charge in [0.25, 0.3) is 0 Å². The van der Waals surface area contributed by atoms with E-state index in [1.165, 1.54) is 6.07 Å². The van der Waals surface area contributed by atoms with Gasteiger partial charge in [0, 0.05) is 25.2 Å². The summed E-state index contributed by atoms with van der Waals surface area (Å²) in [5.41, 5.74) is 7.50. The Labute approximate surface area is 114 Å². The van der Waals surface area contributed by atoms with Gasteiger partial charge in [0.05, 0.1) is 5.69 Å². The molecule has 1 saturated heterocycles. The van der Waals surface area contributed by atoms with Crippen LogP contribution >= 0.6 is 0 Å². The highest BCUT2D eigenvalue weighted by atomic mass is 19.1. The van der Waals surface area contributed by atoms with E-state index in [2.05, 4.69) is 4.90 Å². The molecule has 3 nitrogen and oxygen atoms in total. The van der Waals surface area contributed by atoms with Crippen LogP contribution in [0, 0.1) is 5.82 Å². The molecule has 3 N–H and O–H groups in total. The van der Waals surface area contributed by atoms with E-state index in [0.717, 1.165) is 37.8 Å². The van der Waals surface area contributed by atoms with Gasteiger partial charge >= 0.3 is 0 Å². The second-order valence-corrected chi connectivity index (χ2v) is 5.32. The summed E-state index contributed by atoms with van der Waals surface area (Å²) in [5, 5.41) is 8.97. The van der Waals surface area contributed by atoms with Crippen molar-refractivity contribution in [2.24, 2.45) is 5.73 Å². The molecule has 1 aliphatic heterocycles. The van der Waals surface area contributed by atoms with Crippen molar-refractivity contribution in [3.63, 3.8) is 0 Å². The summed E-state index contributed by atoms with van der Waals surface area (Å²) >= 11 is 0. The summed E-state index contributed by atoms with van der Waals surface area (Å²) in [4.78, 5) is 2.14. The Bertz CT molecular complexity index is 423. The number of para-hydroxylation sites is 1. The van der Waals surface area contributed by atoms with Crippen molar-refractivity contribution in [1.82, 2.24) is 0 Å². The Morgan fingerprint density at radius 1 is 1.53 bits per heavy atom. The second kappa shape index (κ2) is 6.35. The van der Waals surface area contributed by atoms with E-state index in [9.17, 15) is 4.39 Å². The molecule has 0 aromatic heterocycles. The fourth-order valence-corrected chi connectivity index (χ4v) is 2.96. The molecule has 1 aliphatic rings. The number of benzene rings is 1. The molecular weight excluding hydrogens is 243 g/mol. The van der Waals surface area contributed by atoms with Crippen molar-refractivity contribution in [2.45, 2.75) is 44.7 Å². The van der Waals surface area contributed by atoms with Crippen LogP contribution in [0.15, 0.2) is 18.2 Å². The van der Waals surface area contributed by atoms with Crippen molar-refractivity contribution < 1.29 is 9.50 Å². The molecule has 1 aromatic carbocycles. The molecule has 1 heterocycles. The van der Waals surface area contributed by atoms with Gasteiger partial charge in [-0.05, 0) is 44.2 Å². The first-order chi connectivity index (χ1) is 9.15. The van der Waals surface area contributed by atoms with Crippen molar-refractivity contribution in [1.29, 1.82) is 0 Å². The highest BCUT2D eigenvalue weighted by Gasteiger charge is 2.28. The topological polar surface area (TPSA) is 49.5 Å². The van der Waals surface area contributed by atoms with Crippen LogP contribution in [0.2, 0.25) is 0 Å². The van der Waals surface area contributed by atoms with Crippen LogP contribution in [0.1, 0.15) is 44.2 Å². The Kier molecular flexibility index (Phi) is 4.77.